The van der Waals surface area contributed by atoms with Gasteiger partial charge in [0.1, 0.15) is 12.4 Å². The minimum absolute atomic E-state index is 0.00493. The predicted molar refractivity (Wildman–Crippen MR) is 113 cm³/mol. The van der Waals surface area contributed by atoms with E-state index < -0.39 is 16.6 Å². The van der Waals surface area contributed by atoms with Gasteiger partial charge in [0.05, 0.1) is 4.90 Å². The molecule has 9 heteroatoms. The molecule has 0 saturated heterocycles. The van der Waals surface area contributed by atoms with Gasteiger partial charge in [0.25, 0.3) is 10.0 Å². The molecule has 3 aromatic rings. The minimum atomic E-state index is -3.98. The average Bonchev–Trinajstić information content (AvgIpc) is 3.45. The third kappa shape index (κ3) is 4.36. The smallest absolute Gasteiger partial charge is 0.266 e. The van der Waals surface area contributed by atoms with Crippen molar-refractivity contribution in [1.29, 1.82) is 0 Å². The zero-order chi connectivity index (χ0) is 21.1. The van der Waals surface area contributed by atoms with Crippen molar-refractivity contribution >= 4 is 32.4 Å². The van der Waals surface area contributed by atoms with Gasteiger partial charge < -0.3 is 4.90 Å². The van der Waals surface area contributed by atoms with E-state index in [-0.39, 0.29) is 34.3 Å². The van der Waals surface area contributed by atoms with Crippen molar-refractivity contribution in [3.63, 3.8) is 0 Å². The number of aromatic nitrogens is 1. The number of nitrogens with zero attached hydrogens (tertiary/aromatic N) is 3. The minimum Gasteiger partial charge on any atom is -0.334 e. The molecule has 1 aliphatic rings. The number of amides is 1. The fourth-order valence-corrected chi connectivity index (χ4v) is 5.40. The van der Waals surface area contributed by atoms with Crippen LogP contribution >= 0.6 is 11.3 Å². The Bertz CT molecular complexity index is 1120. The van der Waals surface area contributed by atoms with Gasteiger partial charge in [-0.1, -0.05) is 36.4 Å². The molecule has 1 heterocycles. The van der Waals surface area contributed by atoms with Gasteiger partial charge in [-0.25, -0.2) is 22.1 Å². The summed E-state index contributed by atoms with van der Waals surface area (Å²) in [6.45, 7) is -0.289. The molecule has 30 heavy (non-hydrogen) atoms. The van der Waals surface area contributed by atoms with Crippen LogP contribution in [0.5, 0.6) is 0 Å². The zero-order valence-electron chi connectivity index (χ0n) is 16.0. The number of hydrogen-bond donors (Lipinski definition) is 0. The Morgan fingerprint density at radius 3 is 2.43 bits per heavy atom. The normalized spacial score (nSPS) is 13.8. The number of carbonyl (C=O) groups excluding carboxylic acids is 1. The van der Waals surface area contributed by atoms with Crippen LogP contribution in [0.3, 0.4) is 0 Å². The Balaban J connectivity index is 1.62. The van der Waals surface area contributed by atoms with E-state index in [9.17, 15) is 17.6 Å². The highest BCUT2D eigenvalue weighted by Crippen LogP contribution is 2.31. The van der Waals surface area contributed by atoms with Crippen LogP contribution in [-0.2, 0) is 21.4 Å². The first-order valence-electron chi connectivity index (χ1n) is 9.47. The summed E-state index contributed by atoms with van der Waals surface area (Å²) < 4.78 is 41.7. The van der Waals surface area contributed by atoms with Crippen LogP contribution in [0.25, 0.3) is 0 Å². The second-order valence-electron chi connectivity index (χ2n) is 6.98. The van der Waals surface area contributed by atoms with Crippen molar-refractivity contribution in [3.05, 3.63) is 77.6 Å². The van der Waals surface area contributed by atoms with E-state index >= 15 is 0 Å². The predicted octanol–water partition coefficient (Wildman–Crippen LogP) is 3.67. The Morgan fingerprint density at radius 2 is 1.80 bits per heavy atom. The third-order valence-electron chi connectivity index (χ3n) is 4.85. The first-order chi connectivity index (χ1) is 14.5. The molecule has 1 fully saturated rings. The highest BCUT2D eigenvalue weighted by molar-refractivity contribution is 7.93. The van der Waals surface area contributed by atoms with E-state index in [1.165, 1.54) is 24.4 Å². The molecular formula is C21H20FN3O3S2. The molecule has 1 amide bonds. The second-order valence-corrected chi connectivity index (χ2v) is 9.72. The molecule has 0 spiro atoms. The van der Waals surface area contributed by atoms with Crippen LogP contribution in [0.15, 0.2) is 71.1 Å². The molecule has 0 bridgehead atoms. The number of sulfonamides is 1. The van der Waals surface area contributed by atoms with Gasteiger partial charge >= 0.3 is 0 Å². The highest BCUT2D eigenvalue weighted by atomic mass is 32.2. The molecule has 1 aromatic heterocycles. The van der Waals surface area contributed by atoms with Gasteiger partial charge in [-0.15, -0.1) is 11.3 Å². The molecular weight excluding hydrogens is 425 g/mol. The lowest BCUT2D eigenvalue weighted by molar-refractivity contribution is -0.130. The van der Waals surface area contributed by atoms with E-state index in [0.29, 0.717) is 5.56 Å². The quantitative estimate of drug-likeness (QED) is 0.531. The SMILES string of the molecule is O=C(CN(c1nccs1)S(=O)(=O)c1ccccc1)N(Cc1ccccc1F)C1CC1. The lowest BCUT2D eigenvalue weighted by Gasteiger charge is -2.27. The summed E-state index contributed by atoms with van der Waals surface area (Å²) in [6, 6.07) is 14.2. The van der Waals surface area contributed by atoms with E-state index in [1.807, 2.05) is 0 Å². The molecule has 4 rings (SSSR count). The second kappa shape index (κ2) is 8.53. The van der Waals surface area contributed by atoms with Crippen LogP contribution in [0.2, 0.25) is 0 Å². The number of rotatable bonds is 8. The van der Waals surface area contributed by atoms with Crippen molar-refractivity contribution < 1.29 is 17.6 Å². The summed E-state index contributed by atoms with van der Waals surface area (Å²) in [5.74, 6) is -0.764. The fraction of sp³-hybridized carbons (Fsp3) is 0.238. The van der Waals surface area contributed by atoms with Gasteiger partial charge in [-0.3, -0.25) is 4.79 Å². The van der Waals surface area contributed by atoms with Crippen LogP contribution in [-0.4, -0.2) is 36.8 Å². The van der Waals surface area contributed by atoms with Crippen molar-refractivity contribution in [2.24, 2.45) is 0 Å². The van der Waals surface area contributed by atoms with Crippen LogP contribution in [0.1, 0.15) is 18.4 Å². The number of anilines is 1. The van der Waals surface area contributed by atoms with Crippen molar-refractivity contribution in [2.75, 3.05) is 10.8 Å². The van der Waals surface area contributed by atoms with Crippen LogP contribution in [0, 0.1) is 5.82 Å². The molecule has 1 saturated carbocycles. The van der Waals surface area contributed by atoms with Gasteiger partial charge in [-0.2, -0.15) is 0 Å². The summed E-state index contributed by atoms with van der Waals surface area (Å²) in [5.41, 5.74) is 0.407. The summed E-state index contributed by atoms with van der Waals surface area (Å²) in [4.78, 5) is 19.0. The zero-order valence-corrected chi connectivity index (χ0v) is 17.7. The van der Waals surface area contributed by atoms with Gasteiger partial charge in [-0.05, 0) is 31.0 Å². The van der Waals surface area contributed by atoms with Crippen molar-refractivity contribution in [3.8, 4) is 0 Å². The van der Waals surface area contributed by atoms with E-state index in [1.54, 1.807) is 46.7 Å². The monoisotopic (exact) mass is 445 g/mol. The number of thiazole rings is 1. The van der Waals surface area contributed by atoms with Crippen LogP contribution < -0.4 is 4.31 Å². The molecule has 1 aliphatic carbocycles. The Kier molecular flexibility index (Phi) is 5.83. The maximum atomic E-state index is 14.1. The van der Waals surface area contributed by atoms with Crippen LogP contribution in [0.4, 0.5) is 9.52 Å². The maximum Gasteiger partial charge on any atom is 0.266 e. The molecule has 0 N–H and O–H groups in total. The van der Waals surface area contributed by atoms with E-state index in [0.717, 1.165) is 28.5 Å². The van der Waals surface area contributed by atoms with Crippen molar-refractivity contribution in [1.82, 2.24) is 9.88 Å². The average molecular weight is 446 g/mol. The summed E-state index contributed by atoms with van der Waals surface area (Å²) >= 11 is 1.14. The molecule has 0 radical (unpaired) electrons. The molecule has 0 atom stereocenters. The molecule has 156 valence electrons. The Morgan fingerprint density at radius 1 is 1.10 bits per heavy atom. The Hall–Kier alpha value is -2.78. The lowest BCUT2D eigenvalue weighted by Crippen LogP contribution is -2.43. The van der Waals surface area contributed by atoms with E-state index in [4.69, 9.17) is 0 Å². The molecule has 0 aliphatic heterocycles. The number of hydrogen-bond acceptors (Lipinski definition) is 5. The third-order valence-corrected chi connectivity index (χ3v) is 7.51. The number of carbonyl (C=O) groups is 1. The maximum absolute atomic E-state index is 14.1. The van der Waals surface area contributed by atoms with Gasteiger partial charge in [0.2, 0.25) is 5.91 Å². The lowest BCUT2D eigenvalue weighted by atomic mass is 10.2. The first-order valence-corrected chi connectivity index (χ1v) is 11.8. The number of halogens is 1. The standard InChI is InChI=1S/C21H20FN3O3S2/c22-19-9-5-4-6-16(19)14-24(17-10-11-17)20(26)15-25(21-23-12-13-29-21)30(27,28)18-7-2-1-3-8-18/h1-9,12-13,17H,10-11,14-15H2. The van der Waals surface area contributed by atoms with E-state index in [2.05, 4.69) is 4.98 Å². The van der Waals surface area contributed by atoms with Gasteiger partial charge in [0, 0.05) is 29.7 Å². The summed E-state index contributed by atoms with van der Waals surface area (Å²) in [6.07, 6.45) is 3.14. The summed E-state index contributed by atoms with van der Waals surface area (Å²) in [7, 11) is -3.98. The van der Waals surface area contributed by atoms with Crippen molar-refractivity contribution in [2.45, 2.75) is 30.3 Å². The Labute approximate surface area is 178 Å². The largest absolute Gasteiger partial charge is 0.334 e. The molecule has 0 unspecified atom stereocenters. The molecule has 2 aromatic carbocycles. The highest BCUT2D eigenvalue weighted by Gasteiger charge is 2.36. The topological polar surface area (TPSA) is 70.6 Å². The number of benzene rings is 2. The van der Waals surface area contributed by atoms with Gasteiger partial charge in [0.15, 0.2) is 5.13 Å². The molecule has 6 nitrogen and oxygen atoms in total. The fourth-order valence-electron chi connectivity index (χ4n) is 3.15. The first kappa shape index (κ1) is 20.5. The summed E-state index contributed by atoms with van der Waals surface area (Å²) in [5, 5.41) is 1.87.